The number of carboxylic acids is 1. The molecule has 0 spiro atoms. The SMILES string of the molecule is CCC(CC)C(CNC(=O)CCCCC(=O)O)N(C)C. The summed E-state index contributed by atoms with van der Waals surface area (Å²) in [5.74, 6) is -0.197. The third-order valence-corrected chi connectivity index (χ3v) is 3.81. The first-order valence-corrected chi connectivity index (χ1v) is 7.57. The van der Waals surface area contributed by atoms with E-state index in [0.717, 1.165) is 12.8 Å². The Morgan fingerprint density at radius 3 is 2.10 bits per heavy atom. The van der Waals surface area contributed by atoms with Crippen LogP contribution in [0.4, 0.5) is 0 Å². The number of carboxylic acid groups (broad SMARTS) is 1. The van der Waals surface area contributed by atoms with Gasteiger partial charge < -0.3 is 15.3 Å². The summed E-state index contributed by atoms with van der Waals surface area (Å²) in [6.45, 7) is 5.02. The number of hydrogen-bond donors (Lipinski definition) is 2. The predicted octanol–water partition coefficient (Wildman–Crippen LogP) is 2.11. The first kappa shape index (κ1) is 18.9. The van der Waals surface area contributed by atoms with E-state index in [9.17, 15) is 9.59 Å². The van der Waals surface area contributed by atoms with Crippen molar-refractivity contribution < 1.29 is 14.7 Å². The standard InChI is InChI=1S/C15H30N2O3/c1-5-12(6-2)13(17(3)4)11-16-14(18)9-7-8-10-15(19)20/h12-13H,5-11H2,1-4H3,(H,16,18)(H,19,20). The fraction of sp³-hybridized carbons (Fsp3) is 0.867. The summed E-state index contributed by atoms with van der Waals surface area (Å²) in [7, 11) is 4.09. The maximum Gasteiger partial charge on any atom is 0.303 e. The fourth-order valence-corrected chi connectivity index (χ4v) is 2.47. The molecular formula is C15H30N2O3. The van der Waals surface area contributed by atoms with Gasteiger partial charge in [-0.05, 0) is 32.9 Å². The third kappa shape index (κ3) is 8.15. The molecule has 0 fully saturated rings. The van der Waals surface area contributed by atoms with Crippen molar-refractivity contribution in [2.75, 3.05) is 20.6 Å². The van der Waals surface area contributed by atoms with Gasteiger partial charge in [0.2, 0.25) is 5.91 Å². The highest BCUT2D eigenvalue weighted by atomic mass is 16.4. The van der Waals surface area contributed by atoms with E-state index in [4.69, 9.17) is 5.11 Å². The molecule has 0 radical (unpaired) electrons. The first-order valence-electron chi connectivity index (χ1n) is 7.57. The van der Waals surface area contributed by atoms with Gasteiger partial charge in [-0.2, -0.15) is 0 Å². The third-order valence-electron chi connectivity index (χ3n) is 3.81. The van der Waals surface area contributed by atoms with E-state index in [1.807, 2.05) is 14.1 Å². The molecule has 0 aliphatic heterocycles. The van der Waals surface area contributed by atoms with E-state index in [1.54, 1.807) is 0 Å². The van der Waals surface area contributed by atoms with Crippen molar-refractivity contribution in [1.29, 1.82) is 0 Å². The van der Waals surface area contributed by atoms with Crippen LogP contribution in [0.2, 0.25) is 0 Å². The van der Waals surface area contributed by atoms with Crippen LogP contribution in [0, 0.1) is 5.92 Å². The van der Waals surface area contributed by atoms with Gasteiger partial charge in [0.25, 0.3) is 0 Å². The Kier molecular flexibility index (Phi) is 10.1. The second kappa shape index (κ2) is 10.7. The van der Waals surface area contributed by atoms with Crippen LogP contribution in [0.15, 0.2) is 0 Å². The summed E-state index contributed by atoms with van der Waals surface area (Å²) >= 11 is 0. The number of rotatable bonds is 11. The number of unbranched alkanes of at least 4 members (excludes halogenated alkanes) is 1. The normalized spacial score (nSPS) is 12.7. The molecule has 5 heteroatoms. The highest BCUT2D eigenvalue weighted by molar-refractivity contribution is 5.75. The van der Waals surface area contributed by atoms with Crippen LogP contribution >= 0.6 is 0 Å². The summed E-state index contributed by atoms with van der Waals surface area (Å²) < 4.78 is 0. The Hall–Kier alpha value is -1.10. The number of carbonyl (C=O) groups is 2. The molecule has 0 bridgehead atoms. The number of carbonyl (C=O) groups excluding carboxylic acids is 1. The fourth-order valence-electron chi connectivity index (χ4n) is 2.47. The summed E-state index contributed by atoms with van der Waals surface area (Å²) in [5.41, 5.74) is 0. The Morgan fingerprint density at radius 1 is 1.10 bits per heavy atom. The Bertz CT molecular complexity index is 289. The number of aliphatic carboxylic acids is 1. The van der Waals surface area contributed by atoms with Gasteiger partial charge >= 0.3 is 5.97 Å². The molecule has 0 aromatic carbocycles. The highest BCUT2D eigenvalue weighted by Gasteiger charge is 2.20. The van der Waals surface area contributed by atoms with E-state index in [1.165, 1.54) is 0 Å². The van der Waals surface area contributed by atoms with Crippen molar-refractivity contribution in [3.05, 3.63) is 0 Å². The first-order chi connectivity index (χ1) is 9.42. The zero-order chi connectivity index (χ0) is 15.5. The largest absolute Gasteiger partial charge is 0.481 e. The second-order valence-electron chi connectivity index (χ2n) is 5.51. The quantitative estimate of drug-likeness (QED) is 0.571. The molecule has 20 heavy (non-hydrogen) atoms. The van der Waals surface area contributed by atoms with Gasteiger partial charge in [-0.15, -0.1) is 0 Å². The highest BCUT2D eigenvalue weighted by Crippen LogP contribution is 2.16. The van der Waals surface area contributed by atoms with Gasteiger partial charge in [0.15, 0.2) is 0 Å². The zero-order valence-corrected chi connectivity index (χ0v) is 13.3. The van der Waals surface area contributed by atoms with Crippen molar-refractivity contribution in [3.63, 3.8) is 0 Å². The minimum atomic E-state index is -0.799. The molecule has 0 aromatic heterocycles. The van der Waals surface area contributed by atoms with Gasteiger partial charge in [0.1, 0.15) is 0 Å². The van der Waals surface area contributed by atoms with Gasteiger partial charge in [0.05, 0.1) is 0 Å². The van der Waals surface area contributed by atoms with Gasteiger partial charge in [-0.3, -0.25) is 9.59 Å². The second-order valence-corrected chi connectivity index (χ2v) is 5.51. The molecule has 118 valence electrons. The van der Waals surface area contributed by atoms with Crippen LogP contribution in [0.3, 0.4) is 0 Å². The molecule has 0 rings (SSSR count). The topological polar surface area (TPSA) is 69.6 Å². The lowest BCUT2D eigenvalue weighted by Gasteiger charge is -2.31. The molecule has 0 saturated heterocycles. The van der Waals surface area contributed by atoms with Crippen LogP contribution in [0.5, 0.6) is 0 Å². The molecule has 5 nitrogen and oxygen atoms in total. The van der Waals surface area contributed by atoms with Gasteiger partial charge in [0, 0.05) is 25.4 Å². The van der Waals surface area contributed by atoms with Crippen molar-refractivity contribution in [2.24, 2.45) is 5.92 Å². The molecule has 2 N–H and O–H groups in total. The number of nitrogens with zero attached hydrogens (tertiary/aromatic N) is 1. The summed E-state index contributed by atoms with van der Waals surface area (Å²) in [4.78, 5) is 24.3. The molecule has 1 unspecified atom stereocenters. The summed E-state index contributed by atoms with van der Waals surface area (Å²) in [6, 6.07) is 0.355. The minimum absolute atomic E-state index is 0.0215. The number of nitrogens with one attached hydrogen (secondary N) is 1. The van der Waals surface area contributed by atoms with E-state index < -0.39 is 5.97 Å². The molecule has 0 aliphatic carbocycles. The predicted molar refractivity (Wildman–Crippen MR) is 80.7 cm³/mol. The lowest BCUT2D eigenvalue weighted by molar-refractivity contribution is -0.137. The average molecular weight is 286 g/mol. The molecule has 1 atom stereocenters. The van der Waals surface area contributed by atoms with Crippen molar-refractivity contribution >= 4 is 11.9 Å². The lowest BCUT2D eigenvalue weighted by atomic mass is 9.93. The molecule has 0 aliphatic rings. The summed E-state index contributed by atoms with van der Waals surface area (Å²) in [5, 5.41) is 11.5. The smallest absolute Gasteiger partial charge is 0.303 e. The molecule has 1 amide bonds. The molecular weight excluding hydrogens is 256 g/mol. The van der Waals surface area contributed by atoms with Crippen LogP contribution in [-0.4, -0.2) is 48.6 Å². The van der Waals surface area contributed by atoms with E-state index in [0.29, 0.717) is 37.8 Å². The van der Waals surface area contributed by atoms with Crippen LogP contribution < -0.4 is 5.32 Å². The minimum Gasteiger partial charge on any atom is -0.481 e. The van der Waals surface area contributed by atoms with Crippen molar-refractivity contribution in [3.8, 4) is 0 Å². The average Bonchev–Trinajstić information content (AvgIpc) is 2.38. The maximum absolute atomic E-state index is 11.7. The van der Waals surface area contributed by atoms with Crippen LogP contribution in [0.1, 0.15) is 52.4 Å². The van der Waals surface area contributed by atoms with Crippen molar-refractivity contribution in [1.82, 2.24) is 10.2 Å². The zero-order valence-electron chi connectivity index (χ0n) is 13.3. The summed E-state index contributed by atoms with van der Waals surface area (Å²) in [6.07, 6.45) is 3.96. The Morgan fingerprint density at radius 2 is 1.65 bits per heavy atom. The van der Waals surface area contributed by atoms with Crippen molar-refractivity contribution in [2.45, 2.75) is 58.4 Å². The molecule has 0 saturated carbocycles. The number of hydrogen-bond acceptors (Lipinski definition) is 3. The van der Waals surface area contributed by atoms with Crippen LogP contribution in [0.25, 0.3) is 0 Å². The van der Waals surface area contributed by atoms with Gasteiger partial charge in [-0.25, -0.2) is 0 Å². The monoisotopic (exact) mass is 286 g/mol. The Balaban J connectivity index is 4.02. The maximum atomic E-state index is 11.7. The molecule has 0 aromatic rings. The van der Waals surface area contributed by atoms with Gasteiger partial charge in [-0.1, -0.05) is 26.7 Å². The number of likely N-dealkylation sites (N-methyl/N-ethyl adjacent to an activating group) is 1. The Labute approximate surface area is 122 Å². The lowest BCUT2D eigenvalue weighted by Crippen LogP contribution is -2.44. The van der Waals surface area contributed by atoms with Crippen LogP contribution in [-0.2, 0) is 9.59 Å². The van der Waals surface area contributed by atoms with E-state index in [-0.39, 0.29) is 12.3 Å². The van der Waals surface area contributed by atoms with E-state index >= 15 is 0 Å². The van der Waals surface area contributed by atoms with E-state index in [2.05, 4.69) is 24.1 Å². The molecule has 0 heterocycles. The number of amides is 1.